The van der Waals surface area contributed by atoms with Crippen LogP contribution in [0.3, 0.4) is 0 Å². The van der Waals surface area contributed by atoms with E-state index >= 15 is 0 Å². The highest BCUT2D eigenvalue weighted by atomic mass is 79.9. The first-order valence-electron chi connectivity index (χ1n) is 7.20. The highest BCUT2D eigenvalue weighted by Crippen LogP contribution is 2.29. The van der Waals surface area contributed by atoms with E-state index in [1.807, 2.05) is 18.2 Å². The molecule has 0 saturated carbocycles. The molecule has 5 nitrogen and oxygen atoms in total. The first-order chi connectivity index (χ1) is 11.1. The van der Waals surface area contributed by atoms with E-state index in [0.717, 1.165) is 15.6 Å². The molecule has 0 aliphatic heterocycles. The molecule has 0 aliphatic rings. The van der Waals surface area contributed by atoms with Gasteiger partial charge in [0.1, 0.15) is 5.75 Å². The van der Waals surface area contributed by atoms with E-state index in [2.05, 4.69) is 45.3 Å². The van der Waals surface area contributed by atoms with Crippen LogP contribution in [0.2, 0.25) is 0 Å². The van der Waals surface area contributed by atoms with Gasteiger partial charge in [-0.25, -0.2) is 5.43 Å². The number of hydrogen-bond donors (Lipinski definition) is 1. The van der Waals surface area contributed by atoms with E-state index < -0.39 is 0 Å². The molecule has 23 heavy (non-hydrogen) atoms. The Bertz CT molecular complexity index is 687. The quantitative estimate of drug-likeness (QED) is 0.620. The molecular formula is C17H18BrN3O2. The van der Waals surface area contributed by atoms with Crippen LogP contribution in [0, 0.1) is 0 Å². The molecule has 1 aromatic heterocycles. The summed E-state index contributed by atoms with van der Waals surface area (Å²) in [4.78, 5) is 15.7. The fraction of sp³-hybridized carbons (Fsp3) is 0.235. The number of carbonyl (C=O) groups excluding carboxylic acids is 1. The van der Waals surface area contributed by atoms with Crippen LogP contribution < -0.4 is 10.2 Å². The second kappa shape index (κ2) is 8.43. The zero-order chi connectivity index (χ0) is 16.7. The van der Waals surface area contributed by atoms with Crippen molar-refractivity contribution in [2.24, 2.45) is 5.10 Å². The van der Waals surface area contributed by atoms with Crippen molar-refractivity contribution in [1.82, 2.24) is 10.4 Å². The van der Waals surface area contributed by atoms with E-state index in [0.29, 0.717) is 11.7 Å². The maximum atomic E-state index is 11.8. The summed E-state index contributed by atoms with van der Waals surface area (Å²) in [5, 5.41) is 3.89. The zero-order valence-corrected chi connectivity index (χ0v) is 14.6. The molecule has 2 rings (SSSR count). The van der Waals surface area contributed by atoms with Gasteiger partial charge in [0.05, 0.1) is 6.21 Å². The number of aromatic nitrogens is 1. The Morgan fingerprint density at radius 3 is 2.78 bits per heavy atom. The number of amides is 1. The van der Waals surface area contributed by atoms with Crippen LogP contribution in [0.25, 0.3) is 0 Å². The van der Waals surface area contributed by atoms with Crippen LogP contribution in [0.15, 0.2) is 52.3 Å². The summed E-state index contributed by atoms with van der Waals surface area (Å²) in [6, 6.07) is 9.33. The molecule has 1 aromatic carbocycles. The largest absolute Gasteiger partial charge is 0.483 e. The minimum Gasteiger partial charge on any atom is -0.483 e. The molecule has 0 radical (unpaired) electrons. The first kappa shape index (κ1) is 17.1. The second-order valence-corrected chi connectivity index (χ2v) is 6.11. The van der Waals surface area contributed by atoms with Gasteiger partial charge in [0.15, 0.2) is 6.61 Å². The molecule has 2 aromatic rings. The third-order valence-electron chi connectivity index (χ3n) is 3.06. The van der Waals surface area contributed by atoms with E-state index in [-0.39, 0.29) is 12.5 Å². The lowest BCUT2D eigenvalue weighted by atomic mass is 10.0. The Morgan fingerprint density at radius 2 is 2.09 bits per heavy atom. The number of ether oxygens (including phenoxy) is 1. The van der Waals surface area contributed by atoms with Gasteiger partial charge < -0.3 is 4.74 Å². The molecule has 0 aliphatic carbocycles. The summed E-state index contributed by atoms with van der Waals surface area (Å²) in [7, 11) is 0. The molecule has 1 amide bonds. The van der Waals surface area contributed by atoms with Gasteiger partial charge in [-0.1, -0.05) is 29.8 Å². The predicted molar refractivity (Wildman–Crippen MR) is 93.7 cm³/mol. The van der Waals surface area contributed by atoms with E-state index in [1.165, 1.54) is 0 Å². The maximum absolute atomic E-state index is 11.8. The molecule has 0 saturated heterocycles. The lowest BCUT2D eigenvalue weighted by molar-refractivity contribution is -0.123. The van der Waals surface area contributed by atoms with Gasteiger partial charge in [-0.15, -0.1) is 0 Å². The van der Waals surface area contributed by atoms with Crippen molar-refractivity contribution in [3.8, 4) is 5.75 Å². The molecule has 0 fully saturated rings. The molecule has 6 heteroatoms. The minimum atomic E-state index is -0.312. The van der Waals surface area contributed by atoms with Crippen molar-refractivity contribution in [3.05, 3.63) is 58.3 Å². The van der Waals surface area contributed by atoms with E-state index in [9.17, 15) is 4.79 Å². The second-order valence-electron chi connectivity index (χ2n) is 5.20. The van der Waals surface area contributed by atoms with Crippen LogP contribution in [0.5, 0.6) is 5.75 Å². The van der Waals surface area contributed by atoms with Crippen LogP contribution in [0.4, 0.5) is 0 Å². The van der Waals surface area contributed by atoms with Crippen molar-refractivity contribution in [1.29, 1.82) is 0 Å². The number of pyridine rings is 1. The maximum Gasteiger partial charge on any atom is 0.277 e. The number of benzene rings is 1. The third kappa shape index (κ3) is 5.49. The monoisotopic (exact) mass is 375 g/mol. The van der Waals surface area contributed by atoms with Gasteiger partial charge in [0.2, 0.25) is 0 Å². The average Bonchev–Trinajstić information content (AvgIpc) is 2.54. The molecule has 0 unspecified atom stereocenters. The normalized spacial score (nSPS) is 11.0. The topological polar surface area (TPSA) is 63.6 Å². The minimum absolute atomic E-state index is 0.0883. The Labute approximate surface area is 143 Å². The average molecular weight is 376 g/mol. The van der Waals surface area contributed by atoms with Gasteiger partial charge in [-0.2, -0.15) is 5.10 Å². The molecule has 1 N–H and O–H groups in total. The van der Waals surface area contributed by atoms with Crippen LogP contribution in [-0.4, -0.2) is 23.7 Å². The first-order valence-corrected chi connectivity index (χ1v) is 7.99. The van der Waals surface area contributed by atoms with E-state index in [1.54, 1.807) is 30.7 Å². The molecule has 1 heterocycles. The summed E-state index contributed by atoms with van der Waals surface area (Å²) in [5.74, 6) is 0.694. The van der Waals surface area contributed by atoms with Crippen molar-refractivity contribution >= 4 is 28.1 Å². The summed E-state index contributed by atoms with van der Waals surface area (Å²) in [5.41, 5.74) is 4.34. The summed E-state index contributed by atoms with van der Waals surface area (Å²) in [6.07, 6.45) is 4.87. The number of nitrogens with one attached hydrogen (secondary N) is 1. The Balaban J connectivity index is 1.88. The van der Waals surface area contributed by atoms with Crippen molar-refractivity contribution < 1.29 is 9.53 Å². The predicted octanol–water partition coefficient (Wildman–Crippen LogP) is 3.50. The number of hydrazone groups is 1. The van der Waals surface area contributed by atoms with Crippen LogP contribution >= 0.6 is 15.9 Å². The third-order valence-corrected chi connectivity index (χ3v) is 3.55. The fourth-order valence-corrected chi connectivity index (χ4v) is 2.28. The van der Waals surface area contributed by atoms with E-state index in [4.69, 9.17) is 4.74 Å². The lowest BCUT2D eigenvalue weighted by Crippen LogP contribution is -2.24. The SMILES string of the molecule is CC(C)c1cc(Br)ccc1OCC(=O)N/N=C/c1ccncc1. The van der Waals surface area contributed by atoms with Gasteiger partial charge in [0, 0.05) is 16.9 Å². The van der Waals surface area contributed by atoms with Crippen LogP contribution in [0.1, 0.15) is 30.9 Å². The molecular weight excluding hydrogens is 358 g/mol. The molecule has 0 bridgehead atoms. The molecule has 0 spiro atoms. The highest BCUT2D eigenvalue weighted by molar-refractivity contribution is 9.10. The van der Waals surface area contributed by atoms with Crippen LogP contribution in [-0.2, 0) is 4.79 Å². The van der Waals surface area contributed by atoms with Crippen molar-refractivity contribution in [3.63, 3.8) is 0 Å². The lowest BCUT2D eigenvalue weighted by Gasteiger charge is -2.13. The van der Waals surface area contributed by atoms with Crippen molar-refractivity contribution in [2.45, 2.75) is 19.8 Å². The number of rotatable bonds is 6. The summed E-state index contributed by atoms with van der Waals surface area (Å²) in [6.45, 7) is 4.07. The highest BCUT2D eigenvalue weighted by Gasteiger charge is 2.10. The van der Waals surface area contributed by atoms with Crippen molar-refractivity contribution in [2.75, 3.05) is 6.61 Å². The standard InChI is InChI=1S/C17H18BrN3O2/c1-12(2)15-9-14(18)3-4-16(15)23-11-17(22)21-20-10-13-5-7-19-8-6-13/h3-10,12H,11H2,1-2H3,(H,21,22)/b20-10+. The van der Waals surface area contributed by atoms with Gasteiger partial charge in [0.25, 0.3) is 5.91 Å². The number of carbonyl (C=O) groups is 1. The number of halogens is 1. The Hall–Kier alpha value is -2.21. The molecule has 120 valence electrons. The number of nitrogens with zero attached hydrogens (tertiary/aromatic N) is 2. The zero-order valence-electron chi connectivity index (χ0n) is 13.0. The Morgan fingerprint density at radius 1 is 1.35 bits per heavy atom. The van der Waals surface area contributed by atoms with Gasteiger partial charge >= 0.3 is 0 Å². The fourth-order valence-electron chi connectivity index (χ4n) is 1.91. The smallest absolute Gasteiger partial charge is 0.277 e. The summed E-state index contributed by atoms with van der Waals surface area (Å²) < 4.78 is 6.59. The Kier molecular flexibility index (Phi) is 6.29. The molecule has 0 atom stereocenters. The number of hydrogen-bond acceptors (Lipinski definition) is 4. The van der Waals surface area contributed by atoms with Gasteiger partial charge in [-0.3, -0.25) is 9.78 Å². The van der Waals surface area contributed by atoms with Gasteiger partial charge in [-0.05, 0) is 47.4 Å². The summed E-state index contributed by atoms with van der Waals surface area (Å²) >= 11 is 3.44.